The summed E-state index contributed by atoms with van der Waals surface area (Å²) in [6, 6.07) is 4.48. The van der Waals surface area contributed by atoms with Gasteiger partial charge in [0, 0.05) is 22.3 Å². The maximum absolute atomic E-state index is 12.4. The van der Waals surface area contributed by atoms with E-state index in [0.29, 0.717) is 41.9 Å². The van der Waals surface area contributed by atoms with Crippen molar-refractivity contribution in [2.24, 2.45) is 0 Å². The Kier molecular flexibility index (Phi) is 5.70. The minimum absolute atomic E-state index is 0.145. The van der Waals surface area contributed by atoms with Crippen LogP contribution in [0, 0.1) is 0 Å². The summed E-state index contributed by atoms with van der Waals surface area (Å²) < 4.78 is 5.38. The second-order valence-corrected chi connectivity index (χ2v) is 5.97. The first kappa shape index (κ1) is 16.4. The van der Waals surface area contributed by atoms with Crippen molar-refractivity contribution in [2.75, 3.05) is 25.1 Å². The molecule has 1 fully saturated rings. The van der Waals surface area contributed by atoms with Crippen LogP contribution in [0.15, 0.2) is 18.2 Å². The number of amides is 2. The zero-order chi connectivity index (χ0) is 15.4. The van der Waals surface area contributed by atoms with Crippen molar-refractivity contribution < 1.29 is 14.6 Å². The molecule has 116 valence electrons. The fourth-order valence-corrected chi connectivity index (χ4v) is 2.86. The maximum Gasteiger partial charge on any atom is 0.322 e. The Morgan fingerprint density at radius 1 is 1.48 bits per heavy atom. The molecule has 0 unspecified atom stereocenters. The van der Waals surface area contributed by atoms with E-state index in [1.165, 1.54) is 0 Å². The number of hydrogen-bond donors (Lipinski definition) is 2. The molecule has 2 N–H and O–H groups in total. The molecule has 0 aromatic heterocycles. The third-order valence-corrected chi connectivity index (χ3v) is 3.65. The van der Waals surface area contributed by atoms with E-state index in [1.807, 2.05) is 0 Å². The van der Waals surface area contributed by atoms with E-state index in [-0.39, 0.29) is 12.1 Å². The fraction of sp³-hybridized carbons (Fsp3) is 0.500. The van der Waals surface area contributed by atoms with Crippen LogP contribution in [0.4, 0.5) is 10.5 Å². The van der Waals surface area contributed by atoms with Crippen molar-refractivity contribution in [2.45, 2.75) is 25.5 Å². The summed E-state index contributed by atoms with van der Waals surface area (Å²) in [4.78, 5) is 14.0. The number of aliphatic hydroxyl groups is 1. The topological polar surface area (TPSA) is 61.8 Å². The lowest BCUT2D eigenvalue weighted by atomic mass is 10.1. The molecule has 1 aliphatic rings. The predicted molar refractivity (Wildman–Crippen MR) is 83.1 cm³/mol. The van der Waals surface area contributed by atoms with Crippen LogP contribution in [0.3, 0.4) is 0 Å². The van der Waals surface area contributed by atoms with Crippen LogP contribution in [-0.2, 0) is 4.74 Å². The smallest absolute Gasteiger partial charge is 0.322 e. The zero-order valence-electron chi connectivity index (χ0n) is 11.7. The number of carbonyl (C=O) groups is 1. The number of ether oxygens (including phenoxy) is 1. The van der Waals surface area contributed by atoms with Crippen molar-refractivity contribution in [1.29, 1.82) is 0 Å². The fourth-order valence-electron chi connectivity index (χ4n) is 2.33. The van der Waals surface area contributed by atoms with Crippen LogP contribution in [0.2, 0.25) is 10.0 Å². The quantitative estimate of drug-likeness (QED) is 0.894. The number of rotatable bonds is 3. The van der Waals surface area contributed by atoms with E-state index in [2.05, 4.69) is 5.32 Å². The second-order valence-electron chi connectivity index (χ2n) is 5.10. The number of nitrogens with one attached hydrogen (secondary N) is 1. The van der Waals surface area contributed by atoms with Gasteiger partial charge in [-0.3, -0.25) is 0 Å². The van der Waals surface area contributed by atoms with Gasteiger partial charge in [0.1, 0.15) is 0 Å². The van der Waals surface area contributed by atoms with Gasteiger partial charge in [-0.1, -0.05) is 23.2 Å². The van der Waals surface area contributed by atoms with E-state index in [9.17, 15) is 9.90 Å². The number of carbonyl (C=O) groups excluding carboxylic acids is 1. The lowest BCUT2D eigenvalue weighted by molar-refractivity contribution is -0.00160. The van der Waals surface area contributed by atoms with Gasteiger partial charge in [0.15, 0.2) is 0 Å². The summed E-state index contributed by atoms with van der Waals surface area (Å²) in [7, 11) is 0. The van der Waals surface area contributed by atoms with Gasteiger partial charge < -0.3 is 20.1 Å². The summed E-state index contributed by atoms with van der Waals surface area (Å²) in [5.41, 5.74) is 0.541. The number of benzene rings is 1. The molecule has 2 amide bonds. The molecule has 7 heteroatoms. The highest BCUT2D eigenvalue weighted by Gasteiger charge is 2.28. The number of hydrogen-bond acceptors (Lipinski definition) is 3. The summed E-state index contributed by atoms with van der Waals surface area (Å²) >= 11 is 11.8. The monoisotopic (exact) mass is 332 g/mol. The highest BCUT2D eigenvalue weighted by atomic mass is 35.5. The first-order valence-corrected chi connectivity index (χ1v) is 7.51. The number of nitrogens with zero attached hydrogens (tertiary/aromatic N) is 1. The lowest BCUT2D eigenvalue weighted by Gasteiger charge is -2.36. The Morgan fingerprint density at radius 2 is 2.14 bits per heavy atom. The Bertz CT molecular complexity index is 491. The van der Waals surface area contributed by atoms with Crippen LogP contribution in [0.1, 0.15) is 13.3 Å². The number of aliphatic hydroxyl groups excluding tert-OH is 1. The Labute approximate surface area is 133 Å². The van der Waals surface area contributed by atoms with Crippen molar-refractivity contribution >= 4 is 34.9 Å². The molecule has 5 nitrogen and oxygen atoms in total. The van der Waals surface area contributed by atoms with Gasteiger partial charge in [-0.05, 0) is 31.5 Å². The van der Waals surface area contributed by atoms with Crippen LogP contribution < -0.4 is 5.32 Å². The molecule has 1 saturated heterocycles. The van der Waals surface area contributed by atoms with E-state index in [4.69, 9.17) is 27.9 Å². The highest BCUT2D eigenvalue weighted by molar-refractivity contribution is 6.35. The van der Waals surface area contributed by atoms with Crippen molar-refractivity contribution in [3.8, 4) is 0 Å². The average Bonchev–Trinajstić information content (AvgIpc) is 2.37. The van der Waals surface area contributed by atoms with Gasteiger partial charge in [-0.15, -0.1) is 0 Å². The summed E-state index contributed by atoms with van der Waals surface area (Å²) in [6.45, 7) is 3.09. The average molecular weight is 333 g/mol. The minimum Gasteiger partial charge on any atom is -0.393 e. The van der Waals surface area contributed by atoms with E-state index in [0.717, 1.165) is 0 Å². The van der Waals surface area contributed by atoms with Crippen LogP contribution in [-0.4, -0.2) is 47.9 Å². The second kappa shape index (κ2) is 7.31. The van der Waals surface area contributed by atoms with Crippen LogP contribution in [0.25, 0.3) is 0 Å². The van der Waals surface area contributed by atoms with Gasteiger partial charge >= 0.3 is 6.03 Å². The SMILES string of the molecule is C[C@@H](O)C[C@H]1COCCN1C(=O)Nc1cc(Cl)cc(Cl)c1. The van der Waals surface area contributed by atoms with Crippen molar-refractivity contribution in [3.63, 3.8) is 0 Å². The summed E-state index contributed by atoms with van der Waals surface area (Å²) in [5.74, 6) is 0. The molecule has 2 rings (SSSR count). The standard InChI is InChI=1S/C14H18Cl2N2O3/c1-9(19)4-13-8-21-3-2-18(13)14(20)17-12-6-10(15)5-11(16)7-12/h5-7,9,13,19H,2-4,8H2,1H3,(H,17,20)/t9-,13+/m1/s1. The molecular formula is C14H18Cl2N2O3. The minimum atomic E-state index is -0.493. The molecule has 1 aliphatic heterocycles. The van der Waals surface area contributed by atoms with E-state index < -0.39 is 6.10 Å². The number of halogens is 2. The van der Waals surface area contributed by atoms with E-state index >= 15 is 0 Å². The third-order valence-electron chi connectivity index (χ3n) is 3.22. The van der Waals surface area contributed by atoms with Crippen LogP contribution >= 0.6 is 23.2 Å². The molecule has 21 heavy (non-hydrogen) atoms. The number of morpholine rings is 1. The normalized spacial score (nSPS) is 20.2. The van der Waals surface area contributed by atoms with Gasteiger partial charge in [0.2, 0.25) is 0 Å². The largest absolute Gasteiger partial charge is 0.393 e. The molecule has 1 heterocycles. The van der Waals surface area contributed by atoms with Gasteiger partial charge in [0.25, 0.3) is 0 Å². The number of anilines is 1. The van der Waals surface area contributed by atoms with Crippen molar-refractivity contribution in [3.05, 3.63) is 28.2 Å². The first-order valence-electron chi connectivity index (χ1n) is 6.75. The molecule has 2 atom stereocenters. The third kappa shape index (κ3) is 4.74. The molecule has 0 bridgehead atoms. The molecule has 0 saturated carbocycles. The summed E-state index contributed by atoms with van der Waals surface area (Å²) in [5, 5.41) is 13.2. The number of urea groups is 1. The molecular weight excluding hydrogens is 315 g/mol. The molecule has 0 aliphatic carbocycles. The Hall–Kier alpha value is -1.01. The molecule has 1 aromatic carbocycles. The Balaban J connectivity index is 2.06. The van der Waals surface area contributed by atoms with Gasteiger partial charge in [-0.25, -0.2) is 4.79 Å². The Morgan fingerprint density at radius 3 is 2.76 bits per heavy atom. The lowest BCUT2D eigenvalue weighted by Crippen LogP contribution is -2.51. The summed E-state index contributed by atoms with van der Waals surface area (Å²) in [6.07, 6.45) is -0.0170. The van der Waals surface area contributed by atoms with Gasteiger partial charge in [-0.2, -0.15) is 0 Å². The highest BCUT2D eigenvalue weighted by Crippen LogP contribution is 2.23. The molecule has 1 aromatic rings. The predicted octanol–water partition coefficient (Wildman–Crippen LogP) is 3.00. The maximum atomic E-state index is 12.4. The van der Waals surface area contributed by atoms with E-state index in [1.54, 1.807) is 30.0 Å². The van der Waals surface area contributed by atoms with Crippen LogP contribution in [0.5, 0.6) is 0 Å². The molecule has 0 radical (unpaired) electrons. The first-order chi connectivity index (χ1) is 9.95. The zero-order valence-corrected chi connectivity index (χ0v) is 13.2. The molecule has 0 spiro atoms. The van der Waals surface area contributed by atoms with Crippen molar-refractivity contribution in [1.82, 2.24) is 4.90 Å². The van der Waals surface area contributed by atoms with Gasteiger partial charge in [0.05, 0.1) is 25.4 Å².